The predicted octanol–water partition coefficient (Wildman–Crippen LogP) is 1.33. The molecule has 32 heavy (non-hydrogen) atoms. The van der Waals surface area contributed by atoms with Gasteiger partial charge in [0.2, 0.25) is 5.91 Å². The summed E-state index contributed by atoms with van der Waals surface area (Å²) in [6, 6.07) is 3.95. The normalized spacial score (nSPS) is 19.3. The molecule has 0 N–H and O–H groups in total. The number of nitrogens with zero attached hydrogens (tertiary/aromatic N) is 9. The van der Waals surface area contributed by atoms with Gasteiger partial charge in [-0.25, -0.2) is 24.9 Å². The van der Waals surface area contributed by atoms with Crippen molar-refractivity contribution < 1.29 is 4.79 Å². The maximum atomic E-state index is 13.3. The van der Waals surface area contributed by atoms with Gasteiger partial charge in [-0.15, -0.1) is 0 Å². The molecule has 0 aromatic carbocycles. The van der Waals surface area contributed by atoms with Crippen LogP contribution in [-0.4, -0.2) is 79.6 Å². The Labute approximate surface area is 187 Å². The summed E-state index contributed by atoms with van der Waals surface area (Å²) < 4.78 is 1.86. The van der Waals surface area contributed by atoms with Gasteiger partial charge in [-0.1, -0.05) is 0 Å². The van der Waals surface area contributed by atoms with Crippen LogP contribution in [0.25, 0.3) is 5.82 Å². The van der Waals surface area contributed by atoms with Crippen molar-refractivity contribution in [2.75, 3.05) is 49.1 Å². The van der Waals surface area contributed by atoms with Crippen molar-refractivity contribution >= 4 is 17.5 Å². The highest BCUT2D eigenvalue weighted by Crippen LogP contribution is 2.25. The molecular weight excluding hydrogens is 406 g/mol. The molecule has 10 heteroatoms. The summed E-state index contributed by atoms with van der Waals surface area (Å²) in [5.41, 5.74) is 0.955. The van der Waals surface area contributed by atoms with E-state index in [1.54, 1.807) is 25.2 Å². The summed E-state index contributed by atoms with van der Waals surface area (Å²) in [6.45, 7) is 6.57. The fourth-order valence-corrected chi connectivity index (χ4v) is 4.46. The van der Waals surface area contributed by atoms with Crippen LogP contribution in [-0.2, 0) is 4.79 Å². The minimum absolute atomic E-state index is 0.0109. The maximum absolute atomic E-state index is 13.3. The van der Waals surface area contributed by atoms with Crippen LogP contribution in [0.2, 0.25) is 0 Å². The van der Waals surface area contributed by atoms with Crippen molar-refractivity contribution in [3.63, 3.8) is 0 Å². The molecule has 3 aromatic rings. The lowest BCUT2D eigenvalue weighted by molar-refractivity contribution is -0.136. The number of aromatic nitrogens is 6. The highest BCUT2D eigenvalue weighted by molar-refractivity contribution is 5.80. The minimum atomic E-state index is -0.0109. The number of hydrogen-bond acceptors (Lipinski definition) is 8. The summed E-state index contributed by atoms with van der Waals surface area (Å²) in [5.74, 6) is 2.80. The summed E-state index contributed by atoms with van der Waals surface area (Å²) in [4.78, 5) is 41.2. The Bertz CT molecular complexity index is 1060. The van der Waals surface area contributed by atoms with E-state index in [0.29, 0.717) is 6.54 Å². The van der Waals surface area contributed by atoms with Crippen LogP contribution in [0, 0.1) is 12.8 Å². The van der Waals surface area contributed by atoms with Crippen molar-refractivity contribution in [1.29, 1.82) is 0 Å². The number of hydrogen-bond donors (Lipinski definition) is 0. The summed E-state index contributed by atoms with van der Waals surface area (Å²) >= 11 is 0. The summed E-state index contributed by atoms with van der Waals surface area (Å²) in [7, 11) is 0. The minimum Gasteiger partial charge on any atom is -0.356 e. The third-order valence-electron chi connectivity index (χ3n) is 6.21. The van der Waals surface area contributed by atoms with Crippen LogP contribution < -0.4 is 9.80 Å². The molecule has 2 aliphatic rings. The van der Waals surface area contributed by atoms with Gasteiger partial charge < -0.3 is 14.7 Å². The Morgan fingerprint density at radius 3 is 2.41 bits per heavy atom. The SMILES string of the molecule is Cc1cc(N2CCN(C(=O)C3CCCN(c4cc(-n5ccnc5)ncn4)C3)CC2)ncn1. The molecule has 1 unspecified atom stereocenters. The number of rotatable bonds is 4. The highest BCUT2D eigenvalue weighted by Gasteiger charge is 2.32. The molecule has 1 amide bonds. The standard InChI is InChI=1S/C22H27N9O/c1-17-11-19(25-14-24-17)28-7-9-29(10-8-28)22(32)18-3-2-5-30(13-18)20-12-21(27-15-26-20)31-6-4-23-16-31/h4,6,11-12,14-16,18H,2-3,5,7-10,13H2,1H3. The van der Waals surface area contributed by atoms with Crippen molar-refractivity contribution in [2.45, 2.75) is 19.8 Å². The first-order chi connectivity index (χ1) is 15.7. The van der Waals surface area contributed by atoms with E-state index in [1.807, 2.05) is 34.7 Å². The zero-order valence-corrected chi connectivity index (χ0v) is 18.2. The number of piperidine rings is 1. The average Bonchev–Trinajstić information content (AvgIpc) is 3.39. The summed E-state index contributed by atoms with van der Waals surface area (Å²) in [6.07, 6.45) is 10.4. The maximum Gasteiger partial charge on any atom is 0.227 e. The largest absolute Gasteiger partial charge is 0.356 e. The molecule has 0 bridgehead atoms. The van der Waals surface area contributed by atoms with Crippen LogP contribution in [0.15, 0.2) is 43.5 Å². The summed E-state index contributed by atoms with van der Waals surface area (Å²) in [5, 5.41) is 0. The van der Waals surface area contributed by atoms with Gasteiger partial charge in [0.1, 0.15) is 36.4 Å². The van der Waals surface area contributed by atoms with Gasteiger partial charge >= 0.3 is 0 Å². The molecule has 2 aliphatic heterocycles. The van der Waals surface area contributed by atoms with E-state index in [9.17, 15) is 4.79 Å². The number of aryl methyl sites for hydroxylation is 1. The second-order valence-corrected chi connectivity index (χ2v) is 8.32. The van der Waals surface area contributed by atoms with Crippen molar-refractivity contribution in [3.8, 4) is 5.82 Å². The van der Waals surface area contributed by atoms with Gasteiger partial charge in [0, 0.05) is 69.5 Å². The second-order valence-electron chi connectivity index (χ2n) is 8.32. The van der Waals surface area contributed by atoms with Crippen molar-refractivity contribution in [3.05, 3.63) is 49.2 Å². The van der Waals surface area contributed by atoms with E-state index >= 15 is 0 Å². The average molecular weight is 434 g/mol. The van der Waals surface area contributed by atoms with Gasteiger partial charge in [-0.3, -0.25) is 9.36 Å². The van der Waals surface area contributed by atoms with E-state index in [-0.39, 0.29) is 11.8 Å². The number of carbonyl (C=O) groups is 1. The quantitative estimate of drug-likeness (QED) is 0.608. The van der Waals surface area contributed by atoms with Crippen LogP contribution in [0.4, 0.5) is 11.6 Å². The van der Waals surface area contributed by atoms with Crippen LogP contribution in [0.1, 0.15) is 18.5 Å². The van der Waals surface area contributed by atoms with Gasteiger partial charge in [-0.2, -0.15) is 0 Å². The molecule has 5 rings (SSSR count). The van der Waals surface area contributed by atoms with Gasteiger partial charge in [0.25, 0.3) is 0 Å². The third kappa shape index (κ3) is 4.25. The first-order valence-electron chi connectivity index (χ1n) is 11.0. The lowest BCUT2D eigenvalue weighted by Gasteiger charge is -2.39. The molecule has 0 aliphatic carbocycles. The fourth-order valence-electron chi connectivity index (χ4n) is 4.46. The second kappa shape index (κ2) is 8.89. The van der Waals surface area contributed by atoms with Crippen molar-refractivity contribution in [2.24, 2.45) is 5.92 Å². The van der Waals surface area contributed by atoms with E-state index in [0.717, 1.165) is 68.7 Å². The van der Waals surface area contributed by atoms with E-state index in [2.05, 4.69) is 34.7 Å². The molecule has 2 saturated heterocycles. The Morgan fingerprint density at radius 1 is 0.906 bits per heavy atom. The monoisotopic (exact) mass is 433 g/mol. The van der Waals surface area contributed by atoms with E-state index < -0.39 is 0 Å². The zero-order valence-electron chi connectivity index (χ0n) is 18.2. The molecule has 0 spiro atoms. The Hall–Kier alpha value is -3.56. The molecule has 166 valence electrons. The van der Waals surface area contributed by atoms with Crippen LogP contribution in [0.5, 0.6) is 0 Å². The molecule has 5 heterocycles. The lowest BCUT2D eigenvalue weighted by Crippen LogP contribution is -2.53. The first kappa shape index (κ1) is 20.3. The Morgan fingerprint density at radius 2 is 1.66 bits per heavy atom. The smallest absolute Gasteiger partial charge is 0.227 e. The molecule has 3 aromatic heterocycles. The molecular formula is C22H27N9O. The van der Waals surface area contributed by atoms with Gasteiger partial charge in [-0.05, 0) is 19.8 Å². The van der Waals surface area contributed by atoms with Gasteiger partial charge in [0.05, 0.1) is 5.92 Å². The van der Waals surface area contributed by atoms with E-state index in [4.69, 9.17) is 0 Å². The molecule has 2 fully saturated rings. The lowest BCUT2D eigenvalue weighted by atomic mass is 9.96. The number of anilines is 2. The van der Waals surface area contributed by atoms with Crippen LogP contribution >= 0.6 is 0 Å². The number of amides is 1. The van der Waals surface area contributed by atoms with Crippen molar-refractivity contribution in [1.82, 2.24) is 34.4 Å². The Balaban J connectivity index is 1.21. The highest BCUT2D eigenvalue weighted by atomic mass is 16.2. The third-order valence-corrected chi connectivity index (χ3v) is 6.21. The van der Waals surface area contributed by atoms with Crippen LogP contribution in [0.3, 0.4) is 0 Å². The molecule has 10 nitrogen and oxygen atoms in total. The molecule has 0 radical (unpaired) electrons. The predicted molar refractivity (Wildman–Crippen MR) is 120 cm³/mol. The number of piperazine rings is 1. The molecule has 0 saturated carbocycles. The number of carbonyl (C=O) groups excluding carboxylic acids is 1. The number of imidazole rings is 1. The first-order valence-corrected chi connectivity index (χ1v) is 11.0. The van der Waals surface area contributed by atoms with E-state index in [1.165, 1.54) is 0 Å². The fraction of sp³-hybridized carbons (Fsp3) is 0.455. The zero-order chi connectivity index (χ0) is 21.9. The van der Waals surface area contributed by atoms with Gasteiger partial charge in [0.15, 0.2) is 0 Å². The Kier molecular flexibility index (Phi) is 5.66. The topological polar surface area (TPSA) is 96.2 Å². The molecule has 1 atom stereocenters.